The summed E-state index contributed by atoms with van der Waals surface area (Å²) in [7, 11) is -1.51. The van der Waals surface area contributed by atoms with Crippen LogP contribution in [0.5, 0.6) is 0 Å². The Morgan fingerprint density at radius 1 is 0.857 bits per heavy atom. The highest BCUT2D eigenvalue weighted by Gasteiger charge is 2.41. The first-order chi connectivity index (χ1) is 10.2. The van der Waals surface area contributed by atoms with Crippen LogP contribution in [0.25, 0.3) is 0 Å². The summed E-state index contributed by atoms with van der Waals surface area (Å²) in [5, 5.41) is 4.43. The van der Waals surface area contributed by atoms with Crippen molar-refractivity contribution in [2.24, 2.45) is 5.92 Å². The predicted octanol–water partition coefficient (Wildman–Crippen LogP) is 4.76. The molecule has 0 radical (unpaired) electrons. The lowest BCUT2D eigenvalue weighted by molar-refractivity contribution is 0.734. The van der Waals surface area contributed by atoms with Crippen LogP contribution in [0.3, 0.4) is 0 Å². The molecule has 0 bridgehead atoms. The standard InChI is InChI=1S/C20H22P/c1-17-10-9-15-20(16-17)21(2,18-11-5-3-6-12-18)19-13-7-4-8-14-19/h3-9,11-17H,10H2,1-2H3/q+1. The van der Waals surface area contributed by atoms with Gasteiger partial charge in [-0.05, 0) is 48.8 Å². The van der Waals surface area contributed by atoms with Gasteiger partial charge >= 0.3 is 0 Å². The Bertz CT molecular complexity index is 613. The van der Waals surface area contributed by atoms with Gasteiger partial charge in [0.15, 0.2) is 0 Å². The molecule has 1 unspecified atom stereocenters. The molecule has 0 nitrogen and oxygen atoms in total. The molecule has 1 aliphatic rings. The summed E-state index contributed by atoms with van der Waals surface area (Å²) in [6.07, 6.45) is 8.33. The number of allylic oxidation sites excluding steroid dienone is 4. The molecule has 2 aromatic rings. The van der Waals surface area contributed by atoms with E-state index in [1.54, 1.807) is 0 Å². The molecule has 0 aromatic heterocycles. The lowest BCUT2D eigenvalue weighted by Gasteiger charge is -2.26. The fraction of sp³-hybridized carbons (Fsp3) is 0.200. The molecule has 1 heteroatoms. The largest absolute Gasteiger partial charge is 0.108 e. The van der Waals surface area contributed by atoms with Crippen molar-refractivity contribution < 1.29 is 0 Å². The molecule has 0 N–H and O–H groups in total. The average molecular weight is 293 g/mol. The van der Waals surface area contributed by atoms with E-state index in [0.717, 1.165) is 6.42 Å². The van der Waals surface area contributed by atoms with Crippen LogP contribution < -0.4 is 10.6 Å². The Balaban J connectivity index is 2.19. The Kier molecular flexibility index (Phi) is 4.08. The molecular weight excluding hydrogens is 271 g/mol. The van der Waals surface area contributed by atoms with Gasteiger partial charge in [-0.2, -0.15) is 0 Å². The molecule has 106 valence electrons. The van der Waals surface area contributed by atoms with E-state index in [4.69, 9.17) is 0 Å². The molecule has 0 saturated heterocycles. The molecule has 0 aliphatic heterocycles. The van der Waals surface area contributed by atoms with Crippen molar-refractivity contribution in [1.82, 2.24) is 0 Å². The van der Waals surface area contributed by atoms with Gasteiger partial charge in [-0.25, -0.2) is 0 Å². The van der Waals surface area contributed by atoms with E-state index < -0.39 is 7.26 Å². The molecule has 3 rings (SSSR count). The third kappa shape index (κ3) is 2.74. The molecule has 0 saturated carbocycles. The van der Waals surface area contributed by atoms with Crippen molar-refractivity contribution in [2.75, 3.05) is 6.66 Å². The van der Waals surface area contributed by atoms with Crippen LogP contribution in [0.1, 0.15) is 13.3 Å². The molecule has 21 heavy (non-hydrogen) atoms. The maximum Gasteiger partial charge on any atom is 0.108 e. The van der Waals surface area contributed by atoms with Gasteiger partial charge in [0.05, 0.1) is 6.66 Å². The zero-order valence-corrected chi connectivity index (χ0v) is 13.6. The van der Waals surface area contributed by atoms with Crippen LogP contribution >= 0.6 is 7.26 Å². The molecule has 0 spiro atoms. The lowest BCUT2D eigenvalue weighted by Crippen LogP contribution is -2.23. The third-order valence-corrected chi connectivity index (χ3v) is 8.31. The smallest absolute Gasteiger partial charge is 0.0800 e. The highest BCUT2D eigenvalue weighted by molar-refractivity contribution is 7.92. The van der Waals surface area contributed by atoms with Gasteiger partial charge in [0.1, 0.15) is 23.2 Å². The molecule has 1 aliphatic carbocycles. The highest BCUT2D eigenvalue weighted by atomic mass is 31.2. The van der Waals surface area contributed by atoms with E-state index in [2.05, 4.69) is 92.5 Å². The summed E-state index contributed by atoms with van der Waals surface area (Å²) in [6.45, 7) is 4.76. The molecular formula is C20H22P+. The molecule has 1 atom stereocenters. The first-order valence-electron chi connectivity index (χ1n) is 7.58. The van der Waals surface area contributed by atoms with Crippen LogP contribution in [0.15, 0.2) is 84.2 Å². The van der Waals surface area contributed by atoms with E-state index in [-0.39, 0.29) is 0 Å². The molecule has 0 heterocycles. The first kappa shape index (κ1) is 14.3. The minimum atomic E-state index is -1.51. The van der Waals surface area contributed by atoms with Gasteiger partial charge in [0, 0.05) is 0 Å². The number of rotatable bonds is 3. The van der Waals surface area contributed by atoms with Gasteiger partial charge in [-0.3, -0.25) is 0 Å². The summed E-state index contributed by atoms with van der Waals surface area (Å²) < 4.78 is 0. The normalized spacial score (nSPS) is 18.4. The second-order valence-electron chi connectivity index (χ2n) is 5.88. The fourth-order valence-electron chi connectivity index (χ4n) is 3.02. The second kappa shape index (κ2) is 6.00. The summed E-state index contributed by atoms with van der Waals surface area (Å²) in [6, 6.07) is 22.0. The third-order valence-electron chi connectivity index (χ3n) is 4.31. The number of hydrogen-bond acceptors (Lipinski definition) is 0. The average Bonchev–Trinajstić information content (AvgIpc) is 2.56. The van der Waals surface area contributed by atoms with E-state index in [0.29, 0.717) is 5.92 Å². The van der Waals surface area contributed by atoms with Crippen LogP contribution in [-0.2, 0) is 0 Å². The Morgan fingerprint density at radius 2 is 1.38 bits per heavy atom. The van der Waals surface area contributed by atoms with Gasteiger partial charge in [-0.1, -0.05) is 49.4 Å². The van der Waals surface area contributed by atoms with E-state index >= 15 is 0 Å². The Morgan fingerprint density at radius 3 is 1.86 bits per heavy atom. The Labute approximate surface area is 128 Å². The highest BCUT2D eigenvalue weighted by Crippen LogP contribution is 2.61. The minimum Gasteiger partial charge on any atom is -0.0800 e. The molecule has 0 amide bonds. The summed E-state index contributed by atoms with van der Waals surface area (Å²) in [5.74, 6) is 0.636. The van der Waals surface area contributed by atoms with Gasteiger partial charge in [0.2, 0.25) is 0 Å². The zero-order chi connectivity index (χ0) is 14.7. The maximum atomic E-state index is 2.48. The van der Waals surface area contributed by atoms with Gasteiger partial charge < -0.3 is 0 Å². The predicted molar refractivity (Wildman–Crippen MR) is 96.0 cm³/mol. The monoisotopic (exact) mass is 293 g/mol. The van der Waals surface area contributed by atoms with Crippen LogP contribution in [-0.4, -0.2) is 6.66 Å². The van der Waals surface area contributed by atoms with Crippen molar-refractivity contribution >= 4 is 17.9 Å². The number of hydrogen-bond donors (Lipinski definition) is 0. The van der Waals surface area contributed by atoms with Crippen molar-refractivity contribution in [3.05, 3.63) is 84.2 Å². The van der Waals surface area contributed by atoms with Crippen LogP contribution in [0, 0.1) is 5.92 Å². The van der Waals surface area contributed by atoms with Gasteiger partial charge in [-0.15, -0.1) is 0 Å². The fourth-order valence-corrected chi connectivity index (χ4v) is 6.40. The van der Waals surface area contributed by atoms with Crippen LogP contribution in [0.2, 0.25) is 0 Å². The molecule has 0 fully saturated rings. The van der Waals surface area contributed by atoms with Crippen molar-refractivity contribution in [1.29, 1.82) is 0 Å². The van der Waals surface area contributed by atoms with Crippen LogP contribution in [0.4, 0.5) is 0 Å². The maximum absolute atomic E-state index is 2.48. The topological polar surface area (TPSA) is 0 Å². The van der Waals surface area contributed by atoms with E-state index in [1.807, 2.05) is 0 Å². The second-order valence-corrected chi connectivity index (χ2v) is 9.45. The first-order valence-corrected chi connectivity index (χ1v) is 9.81. The zero-order valence-electron chi connectivity index (χ0n) is 12.7. The molecule has 2 aromatic carbocycles. The minimum absolute atomic E-state index is 0.636. The number of benzene rings is 2. The summed E-state index contributed by atoms with van der Waals surface area (Å²) >= 11 is 0. The van der Waals surface area contributed by atoms with Crippen molar-refractivity contribution in [3.8, 4) is 0 Å². The van der Waals surface area contributed by atoms with Crippen molar-refractivity contribution in [2.45, 2.75) is 13.3 Å². The Hall–Kier alpha value is -1.65. The van der Waals surface area contributed by atoms with E-state index in [1.165, 1.54) is 15.9 Å². The summed E-state index contributed by atoms with van der Waals surface area (Å²) in [4.78, 5) is 0. The summed E-state index contributed by atoms with van der Waals surface area (Å²) in [5.41, 5.74) is 0. The van der Waals surface area contributed by atoms with E-state index in [9.17, 15) is 0 Å². The SMILES string of the molecule is CC1C=C([P+](C)(c2ccccc2)c2ccccc2)C=CC1. The quantitative estimate of drug-likeness (QED) is 0.715. The van der Waals surface area contributed by atoms with Crippen molar-refractivity contribution in [3.63, 3.8) is 0 Å². The van der Waals surface area contributed by atoms with Gasteiger partial charge in [0.25, 0.3) is 0 Å². The lowest BCUT2D eigenvalue weighted by atomic mass is 10.0.